The van der Waals surface area contributed by atoms with Crippen molar-refractivity contribution in [2.24, 2.45) is 12.1 Å². The Hall–Kier alpha value is -2.41. The van der Waals surface area contributed by atoms with E-state index in [9.17, 15) is 13.2 Å². The van der Waals surface area contributed by atoms with Gasteiger partial charge in [-0.2, -0.15) is 5.10 Å². The van der Waals surface area contributed by atoms with E-state index in [1.54, 1.807) is 32.0 Å². The van der Waals surface area contributed by atoms with E-state index in [0.717, 1.165) is 25.9 Å². The highest BCUT2D eigenvalue weighted by Crippen LogP contribution is 2.25. The number of carbonyl (C=O) groups excluding carboxylic acids is 1. The third kappa shape index (κ3) is 4.67. The molecule has 1 amide bonds. The Balaban J connectivity index is 1.77. The van der Waals surface area contributed by atoms with Gasteiger partial charge in [-0.05, 0) is 45.1 Å². The molecule has 8 nitrogen and oxygen atoms in total. The number of amides is 1. The minimum Gasteiger partial charge on any atom is -0.330 e. The summed E-state index contributed by atoms with van der Waals surface area (Å²) in [6.45, 7) is 5.35. The number of nitrogens with zero attached hydrogens (tertiary/aromatic N) is 3. The molecule has 0 aliphatic rings. The molecule has 2 N–H and O–H groups in total. The van der Waals surface area contributed by atoms with Crippen LogP contribution >= 0.6 is 34.9 Å². The van der Waals surface area contributed by atoms with E-state index in [1.807, 2.05) is 18.5 Å². The monoisotopic (exact) mass is 481 g/mol. The van der Waals surface area contributed by atoms with Crippen LogP contribution in [0.1, 0.15) is 32.9 Å². The van der Waals surface area contributed by atoms with Gasteiger partial charge in [0, 0.05) is 12.7 Å². The quantitative estimate of drug-likeness (QED) is 0.316. The number of nitrogens with one attached hydrogen (secondary N) is 2. The molecule has 3 aromatic rings. The van der Waals surface area contributed by atoms with Crippen LogP contribution in [-0.4, -0.2) is 29.6 Å². The molecule has 0 radical (unpaired) electrons. The summed E-state index contributed by atoms with van der Waals surface area (Å²) in [6.07, 6.45) is 0. The van der Waals surface area contributed by atoms with E-state index in [-0.39, 0.29) is 14.9 Å². The summed E-state index contributed by atoms with van der Waals surface area (Å²) < 4.78 is 29.9. The first-order valence-corrected chi connectivity index (χ1v) is 12.2. The summed E-state index contributed by atoms with van der Waals surface area (Å²) in [5, 5.41) is 4.28. The minimum absolute atomic E-state index is 0.110. The number of carbonyl (C=O) groups is 1. The number of anilines is 1. The van der Waals surface area contributed by atoms with Crippen LogP contribution in [-0.2, 0) is 17.1 Å². The lowest BCUT2D eigenvalue weighted by Crippen LogP contribution is -2.19. The summed E-state index contributed by atoms with van der Waals surface area (Å²) in [5.41, 5.74) is 4.51. The molecule has 158 valence electrons. The van der Waals surface area contributed by atoms with Crippen molar-refractivity contribution in [1.82, 2.24) is 15.0 Å². The Morgan fingerprint density at radius 1 is 1.17 bits per heavy atom. The topological polar surface area (TPSA) is 105 Å². The lowest BCUT2D eigenvalue weighted by atomic mass is 10.3. The lowest BCUT2D eigenvalue weighted by molar-refractivity contribution is 0.0958. The summed E-state index contributed by atoms with van der Waals surface area (Å²) in [4.78, 5) is 18.0. The first kappa shape index (κ1) is 22.3. The van der Waals surface area contributed by atoms with E-state index >= 15 is 0 Å². The molecule has 12 heteroatoms. The van der Waals surface area contributed by atoms with E-state index in [2.05, 4.69) is 20.2 Å². The van der Waals surface area contributed by atoms with E-state index < -0.39 is 15.9 Å². The van der Waals surface area contributed by atoms with Crippen LogP contribution in [0.5, 0.6) is 0 Å². The molecule has 0 unspecified atom stereocenters. The summed E-state index contributed by atoms with van der Waals surface area (Å²) >= 11 is 7.63. The zero-order chi connectivity index (χ0) is 22.1. The van der Waals surface area contributed by atoms with Gasteiger partial charge in [0.05, 0.1) is 21.2 Å². The van der Waals surface area contributed by atoms with Crippen LogP contribution in [0, 0.1) is 17.8 Å². The highest BCUT2D eigenvalue weighted by atomic mass is 32.2. The number of aryl methyl sites for hydroxylation is 1. The molecule has 0 saturated carbocycles. The number of hydrogen-bond acceptors (Lipinski definition) is 8. The Morgan fingerprint density at radius 3 is 2.43 bits per heavy atom. The van der Waals surface area contributed by atoms with Crippen molar-refractivity contribution >= 4 is 61.7 Å². The Labute approximate surface area is 187 Å². The Morgan fingerprint density at radius 2 is 1.83 bits per heavy atom. The molecule has 0 saturated heterocycles. The second-order valence-electron chi connectivity index (χ2n) is 6.33. The van der Waals surface area contributed by atoms with Crippen molar-refractivity contribution in [3.05, 3.63) is 55.4 Å². The average molecular weight is 482 g/mol. The van der Waals surface area contributed by atoms with Crippen molar-refractivity contribution in [3.63, 3.8) is 0 Å². The fraction of sp³-hybridized carbons (Fsp3) is 0.222. The standard InChI is InChI=1S/C18H19N5O3S4/c1-10-15(16(24)21-20-11(2)14-12(3)23(4)18(27)29-14)28-17(19-10)22-30(25,26)13-8-6-5-7-9-13/h5-9H,1-4H3,(H,19,22)(H,21,24)/b20-11+. The van der Waals surface area contributed by atoms with Gasteiger partial charge in [-0.25, -0.2) is 18.8 Å². The zero-order valence-corrected chi connectivity index (χ0v) is 19.9. The SMILES string of the molecule is C/C(=N\NC(=O)c1sc(NS(=O)(=O)c2ccccc2)nc1C)c1sc(=S)n(C)c1C. The van der Waals surface area contributed by atoms with Gasteiger partial charge in [-0.3, -0.25) is 9.52 Å². The van der Waals surface area contributed by atoms with Crippen LogP contribution in [0.25, 0.3) is 0 Å². The van der Waals surface area contributed by atoms with Gasteiger partial charge >= 0.3 is 0 Å². The Kier molecular flexibility index (Phi) is 6.50. The molecule has 0 aliphatic carbocycles. The fourth-order valence-electron chi connectivity index (χ4n) is 2.51. The van der Waals surface area contributed by atoms with Crippen molar-refractivity contribution < 1.29 is 13.2 Å². The molecular formula is C18H19N5O3S4. The highest BCUT2D eigenvalue weighted by molar-refractivity contribution is 7.93. The summed E-state index contributed by atoms with van der Waals surface area (Å²) in [6, 6.07) is 7.95. The molecule has 1 aromatic carbocycles. The smallest absolute Gasteiger partial charge is 0.283 e. The number of thiazole rings is 2. The van der Waals surface area contributed by atoms with Gasteiger partial charge < -0.3 is 4.57 Å². The second-order valence-corrected chi connectivity index (χ2v) is 10.7. The first-order valence-electron chi connectivity index (χ1n) is 8.67. The highest BCUT2D eigenvalue weighted by Gasteiger charge is 2.20. The van der Waals surface area contributed by atoms with Gasteiger partial charge in [0.2, 0.25) is 0 Å². The normalized spacial score (nSPS) is 12.1. The molecule has 3 rings (SSSR count). The predicted molar refractivity (Wildman–Crippen MR) is 123 cm³/mol. The van der Waals surface area contributed by atoms with Crippen LogP contribution in [0.2, 0.25) is 0 Å². The predicted octanol–water partition coefficient (Wildman–Crippen LogP) is 3.84. The Bertz CT molecular complexity index is 1290. The molecule has 0 bridgehead atoms. The number of benzene rings is 1. The number of sulfonamides is 1. The lowest BCUT2D eigenvalue weighted by Gasteiger charge is -2.04. The maximum atomic E-state index is 12.6. The summed E-state index contributed by atoms with van der Waals surface area (Å²) in [7, 11) is -1.91. The van der Waals surface area contributed by atoms with E-state index in [1.165, 1.54) is 23.5 Å². The van der Waals surface area contributed by atoms with Crippen LogP contribution in [0.4, 0.5) is 5.13 Å². The molecule has 30 heavy (non-hydrogen) atoms. The summed E-state index contributed by atoms with van der Waals surface area (Å²) in [5.74, 6) is -0.466. The number of hydrazone groups is 1. The number of rotatable bonds is 6. The fourth-order valence-corrected chi connectivity index (χ4v) is 5.94. The molecule has 2 heterocycles. The average Bonchev–Trinajstić information content (AvgIpc) is 3.20. The van der Waals surface area contributed by atoms with E-state index in [4.69, 9.17) is 12.2 Å². The van der Waals surface area contributed by atoms with Crippen LogP contribution < -0.4 is 10.1 Å². The molecule has 0 aliphatic heterocycles. The maximum absolute atomic E-state index is 12.6. The van der Waals surface area contributed by atoms with Crippen molar-refractivity contribution in [3.8, 4) is 0 Å². The largest absolute Gasteiger partial charge is 0.330 e. The molecule has 0 spiro atoms. The van der Waals surface area contributed by atoms with Gasteiger partial charge in [-0.1, -0.05) is 29.5 Å². The van der Waals surface area contributed by atoms with Crippen molar-refractivity contribution in [2.45, 2.75) is 25.7 Å². The van der Waals surface area contributed by atoms with Crippen molar-refractivity contribution in [2.75, 3.05) is 4.72 Å². The number of aromatic nitrogens is 2. The molecular weight excluding hydrogens is 462 g/mol. The molecule has 2 aromatic heterocycles. The third-order valence-electron chi connectivity index (χ3n) is 4.23. The second kappa shape index (κ2) is 8.76. The minimum atomic E-state index is -3.78. The van der Waals surface area contributed by atoms with Crippen LogP contribution in [0.3, 0.4) is 0 Å². The zero-order valence-electron chi connectivity index (χ0n) is 16.6. The van der Waals surface area contributed by atoms with E-state index in [0.29, 0.717) is 11.4 Å². The van der Waals surface area contributed by atoms with Gasteiger partial charge in [0.1, 0.15) is 4.88 Å². The maximum Gasteiger partial charge on any atom is 0.283 e. The van der Waals surface area contributed by atoms with Crippen molar-refractivity contribution in [1.29, 1.82) is 0 Å². The molecule has 0 fully saturated rings. The van der Waals surface area contributed by atoms with Crippen LogP contribution in [0.15, 0.2) is 40.3 Å². The number of hydrogen-bond donors (Lipinski definition) is 2. The van der Waals surface area contributed by atoms with Gasteiger partial charge in [0.15, 0.2) is 9.09 Å². The van der Waals surface area contributed by atoms with Gasteiger partial charge in [0.25, 0.3) is 15.9 Å². The third-order valence-corrected chi connectivity index (χ3v) is 8.55. The van der Waals surface area contributed by atoms with Gasteiger partial charge in [-0.15, -0.1) is 11.3 Å². The first-order chi connectivity index (χ1) is 14.1. The molecule has 0 atom stereocenters.